The van der Waals surface area contributed by atoms with Gasteiger partial charge in [0, 0.05) is 29.8 Å². The highest BCUT2D eigenvalue weighted by Gasteiger charge is 2.44. The predicted molar refractivity (Wildman–Crippen MR) is 127 cm³/mol. The molecule has 3 aromatic rings. The van der Waals surface area contributed by atoms with Gasteiger partial charge < -0.3 is 25.1 Å². The lowest BCUT2D eigenvalue weighted by molar-refractivity contribution is -0.122. The van der Waals surface area contributed by atoms with E-state index in [0.717, 1.165) is 5.56 Å². The Morgan fingerprint density at radius 1 is 1.17 bits per heavy atom. The molecule has 11 heteroatoms. The zero-order valence-electron chi connectivity index (χ0n) is 19.3. The number of nitrogen functional groups attached to an aromatic ring is 1. The lowest BCUT2D eigenvalue weighted by atomic mass is 9.93. The number of hydrogen-bond donors (Lipinski definition) is 3. The molecule has 3 heterocycles. The van der Waals surface area contributed by atoms with Crippen molar-refractivity contribution in [3.8, 4) is 29.0 Å². The van der Waals surface area contributed by atoms with Gasteiger partial charge in [-0.05, 0) is 54.8 Å². The first-order chi connectivity index (χ1) is 17.4. The molecule has 0 saturated carbocycles. The summed E-state index contributed by atoms with van der Waals surface area (Å²) in [6.07, 6.45) is 0.692. The molecular weight excluding hydrogens is 464 g/mol. The quantitative estimate of drug-likeness (QED) is 0.352. The van der Waals surface area contributed by atoms with E-state index in [4.69, 9.17) is 14.9 Å². The second-order valence-electron chi connectivity index (χ2n) is 8.44. The van der Waals surface area contributed by atoms with Crippen LogP contribution in [0.4, 0.5) is 10.8 Å². The number of urea groups is 1. The maximum atomic E-state index is 12.8. The van der Waals surface area contributed by atoms with Gasteiger partial charge in [-0.15, -0.1) is 5.10 Å². The Labute approximate surface area is 206 Å². The van der Waals surface area contributed by atoms with Gasteiger partial charge in [-0.1, -0.05) is 23.0 Å². The Balaban J connectivity index is 1.28. The number of nitrogens with one attached hydrogen (secondary N) is 2. The Hall–Kier alpha value is -4.85. The molecule has 5 rings (SSSR count). The second-order valence-corrected chi connectivity index (χ2v) is 8.44. The topological polar surface area (TPSA) is 153 Å². The summed E-state index contributed by atoms with van der Waals surface area (Å²) in [4.78, 5) is 39.1. The molecule has 1 saturated heterocycles. The van der Waals surface area contributed by atoms with Gasteiger partial charge in [0.15, 0.2) is 5.54 Å². The maximum absolute atomic E-state index is 12.8. The molecule has 11 nitrogen and oxygen atoms in total. The SMILES string of the molecule is COc1ccc2c(c1)C(=O)N(CCCC1(C#Cc3ccc(-c4nnc(N)o4)cc3)NC(=O)NC1=O)C2. The highest BCUT2D eigenvalue weighted by atomic mass is 16.5. The Kier molecular flexibility index (Phi) is 5.77. The van der Waals surface area contributed by atoms with Crippen LogP contribution in [0.5, 0.6) is 5.75 Å². The molecule has 1 aromatic heterocycles. The maximum Gasteiger partial charge on any atom is 0.323 e. The molecule has 1 unspecified atom stereocenters. The fourth-order valence-electron chi connectivity index (χ4n) is 4.23. The Bertz CT molecular complexity index is 1420. The van der Waals surface area contributed by atoms with Crippen LogP contribution < -0.4 is 21.1 Å². The molecule has 2 aliphatic heterocycles. The third kappa shape index (κ3) is 4.32. The summed E-state index contributed by atoms with van der Waals surface area (Å²) in [5, 5.41) is 12.4. The van der Waals surface area contributed by atoms with Gasteiger partial charge in [0.25, 0.3) is 11.8 Å². The van der Waals surface area contributed by atoms with E-state index in [9.17, 15) is 14.4 Å². The number of aromatic nitrogens is 2. The number of hydrogen-bond acceptors (Lipinski definition) is 8. The number of methoxy groups -OCH3 is 1. The van der Waals surface area contributed by atoms with E-state index in [1.54, 1.807) is 42.3 Å². The number of carbonyl (C=O) groups excluding carboxylic acids is 3. The molecule has 0 radical (unpaired) electrons. The molecule has 36 heavy (non-hydrogen) atoms. The number of nitrogens with zero attached hydrogens (tertiary/aromatic N) is 3. The minimum atomic E-state index is -1.39. The van der Waals surface area contributed by atoms with E-state index < -0.39 is 17.5 Å². The zero-order chi connectivity index (χ0) is 25.3. The second kappa shape index (κ2) is 9.07. The molecule has 182 valence electrons. The van der Waals surface area contributed by atoms with Crippen LogP contribution in [-0.4, -0.2) is 52.1 Å². The van der Waals surface area contributed by atoms with Crippen molar-refractivity contribution in [3.63, 3.8) is 0 Å². The summed E-state index contributed by atoms with van der Waals surface area (Å²) in [7, 11) is 1.55. The van der Waals surface area contributed by atoms with Crippen molar-refractivity contribution < 1.29 is 23.5 Å². The van der Waals surface area contributed by atoms with Gasteiger partial charge in [-0.25, -0.2) is 4.79 Å². The molecule has 2 aromatic carbocycles. The molecule has 4 N–H and O–H groups in total. The van der Waals surface area contributed by atoms with Crippen molar-refractivity contribution in [2.75, 3.05) is 19.4 Å². The van der Waals surface area contributed by atoms with Gasteiger partial charge in [-0.2, -0.15) is 0 Å². The molecule has 0 aliphatic carbocycles. The van der Waals surface area contributed by atoms with Crippen LogP contribution in [0.3, 0.4) is 0 Å². The van der Waals surface area contributed by atoms with Gasteiger partial charge in [0.05, 0.1) is 7.11 Å². The van der Waals surface area contributed by atoms with Crippen molar-refractivity contribution in [1.82, 2.24) is 25.7 Å². The average molecular weight is 486 g/mol. The lowest BCUT2D eigenvalue weighted by Gasteiger charge is -2.22. The highest BCUT2D eigenvalue weighted by Crippen LogP contribution is 2.28. The number of nitrogens with two attached hydrogens (primary N) is 1. The summed E-state index contributed by atoms with van der Waals surface area (Å²) >= 11 is 0. The van der Waals surface area contributed by atoms with Gasteiger partial charge in [0.2, 0.25) is 5.89 Å². The molecule has 1 atom stereocenters. The first-order valence-electron chi connectivity index (χ1n) is 11.2. The third-order valence-electron chi connectivity index (χ3n) is 6.11. The smallest absolute Gasteiger partial charge is 0.323 e. The molecule has 4 amide bonds. The largest absolute Gasteiger partial charge is 0.497 e. The normalized spacial score (nSPS) is 18.4. The van der Waals surface area contributed by atoms with Crippen LogP contribution in [-0.2, 0) is 11.3 Å². The summed E-state index contributed by atoms with van der Waals surface area (Å²) in [5.74, 6) is 6.20. The predicted octanol–water partition coefficient (Wildman–Crippen LogP) is 1.69. The first kappa shape index (κ1) is 22.9. The highest BCUT2D eigenvalue weighted by molar-refractivity contribution is 6.09. The van der Waals surface area contributed by atoms with Crippen molar-refractivity contribution in [2.45, 2.75) is 24.9 Å². The molecule has 2 aliphatic rings. The van der Waals surface area contributed by atoms with Crippen LogP contribution in [0.2, 0.25) is 0 Å². The van der Waals surface area contributed by atoms with Crippen LogP contribution in [0.25, 0.3) is 11.5 Å². The zero-order valence-corrected chi connectivity index (χ0v) is 19.3. The van der Waals surface area contributed by atoms with E-state index in [-0.39, 0.29) is 24.2 Å². The van der Waals surface area contributed by atoms with Gasteiger partial charge in [-0.3, -0.25) is 14.9 Å². The van der Waals surface area contributed by atoms with Crippen LogP contribution in [0.1, 0.15) is 34.3 Å². The standard InChI is InChI=1S/C25H22N6O5/c1-35-18-8-7-17-14-31(21(32)19(17)13-18)12-2-10-25(22(33)27-24(34)28-25)11-9-15-3-5-16(6-4-15)20-29-30-23(26)36-20/h3-8,13H,2,10,12,14H2,1H3,(H2,26,30)(H2,27,28,33,34). The van der Waals surface area contributed by atoms with Crippen molar-refractivity contribution in [2.24, 2.45) is 0 Å². The average Bonchev–Trinajstić information content (AvgIpc) is 3.53. The fraction of sp³-hybridized carbons (Fsp3) is 0.240. The number of ether oxygens (including phenoxy) is 1. The van der Waals surface area contributed by atoms with Crippen molar-refractivity contribution in [1.29, 1.82) is 0 Å². The monoisotopic (exact) mass is 486 g/mol. The summed E-state index contributed by atoms with van der Waals surface area (Å²) < 4.78 is 10.4. The van der Waals surface area contributed by atoms with Crippen molar-refractivity contribution >= 4 is 23.9 Å². The number of amides is 4. The van der Waals surface area contributed by atoms with Crippen LogP contribution in [0, 0.1) is 11.8 Å². The molecule has 0 spiro atoms. The fourth-order valence-corrected chi connectivity index (χ4v) is 4.23. The lowest BCUT2D eigenvalue weighted by Crippen LogP contribution is -2.46. The first-order valence-corrected chi connectivity index (χ1v) is 11.2. The Morgan fingerprint density at radius 3 is 2.64 bits per heavy atom. The molecule has 1 fully saturated rings. The number of imide groups is 1. The van der Waals surface area contributed by atoms with E-state index >= 15 is 0 Å². The summed E-state index contributed by atoms with van der Waals surface area (Å²) in [5.41, 5.74) is 6.90. The van der Waals surface area contributed by atoms with Gasteiger partial charge in [0.1, 0.15) is 5.75 Å². The van der Waals surface area contributed by atoms with Crippen LogP contribution >= 0.6 is 0 Å². The number of anilines is 1. The van der Waals surface area contributed by atoms with E-state index in [2.05, 4.69) is 32.7 Å². The summed E-state index contributed by atoms with van der Waals surface area (Å²) in [6.45, 7) is 0.887. The summed E-state index contributed by atoms with van der Waals surface area (Å²) in [6, 6.07) is 11.7. The molecule has 0 bridgehead atoms. The number of fused-ring (bicyclic) bond motifs is 1. The number of carbonyl (C=O) groups is 3. The van der Waals surface area contributed by atoms with Gasteiger partial charge >= 0.3 is 12.0 Å². The van der Waals surface area contributed by atoms with Crippen molar-refractivity contribution in [3.05, 3.63) is 59.2 Å². The third-order valence-corrected chi connectivity index (χ3v) is 6.11. The van der Waals surface area contributed by atoms with E-state index in [1.807, 2.05) is 12.1 Å². The molecular formula is C25H22N6O5. The van der Waals surface area contributed by atoms with Crippen LogP contribution in [0.15, 0.2) is 46.9 Å². The van der Waals surface area contributed by atoms with E-state index in [1.165, 1.54) is 0 Å². The number of benzene rings is 2. The Morgan fingerprint density at radius 2 is 1.97 bits per heavy atom. The minimum absolute atomic E-state index is 0.0296. The van der Waals surface area contributed by atoms with E-state index in [0.29, 0.717) is 42.0 Å². The number of rotatable bonds is 6. The minimum Gasteiger partial charge on any atom is -0.497 e.